The van der Waals surface area contributed by atoms with Crippen LogP contribution in [0, 0.1) is 50.2 Å². The van der Waals surface area contributed by atoms with E-state index in [2.05, 4.69) is 61.5 Å². The molecule has 3 N–H and O–H groups in total. The van der Waals surface area contributed by atoms with Crippen LogP contribution < -0.4 is 0 Å². The zero-order valence-electron chi connectivity index (χ0n) is 22.5. The molecule has 188 valence electrons. The highest BCUT2D eigenvalue weighted by Gasteiger charge is 2.69. The molecule has 5 rings (SSSR count). The Labute approximate surface area is 202 Å². The molecule has 0 amide bonds. The van der Waals surface area contributed by atoms with E-state index in [0.29, 0.717) is 17.8 Å². The van der Waals surface area contributed by atoms with Crippen molar-refractivity contribution in [1.29, 1.82) is 0 Å². The lowest BCUT2D eigenvalue weighted by molar-refractivity contribution is -0.218. The summed E-state index contributed by atoms with van der Waals surface area (Å²) in [6.45, 7) is 18.9. The highest BCUT2D eigenvalue weighted by molar-refractivity contribution is 5.34. The summed E-state index contributed by atoms with van der Waals surface area (Å²) in [5.74, 6) is 1.56. The fraction of sp³-hybridized carbons (Fsp3) is 0.933. The Morgan fingerprint density at radius 1 is 0.727 bits per heavy atom. The molecule has 4 fully saturated rings. The lowest BCUT2D eigenvalue weighted by Gasteiger charge is -2.71. The van der Waals surface area contributed by atoms with Crippen LogP contribution in [0.15, 0.2) is 11.6 Å². The molecule has 0 aromatic heterocycles. The first-order valence-corrected chi connectivity index (χ1v) is 13.8. The Morgan fingerprint density at radius 3 is 2.06 bits per heavy atom. The van der Waals surface area contributed by atoms with Crippen LogP contribution in [0.1, 0.15) is 107 Å². The molecule has 0 bridgehead atoms. The highest BCUT2D eigenvalue weighted by Crippen LogP contribution is 2.75. The van der Waals surface area contributed by atoms with Crippen molar-refractivity contribution in [2.24, 2.45) is 50.2 Å². The van der Waals surface area contributed by atoms with Crippen molar-refractivity contribution >= 4 is 0 Å². The van der Waals surface area contributed by atoms with E-state index in [1.807, 2.05) is 0 Å². The quantitative estimate of drug-likeness (QED) is 0.384. The van der Waals surface area contributed by atoms with Gasteiger partial charge >= 0.3 is 0 Å². The van der Waals surface area contributed by atoms with Gasteiger partial charge in [0.1, 0.15) is 0 Å². The first-order chi connectivity index (χ1) is 15.1. The van der Waals surface area contributed by atoms with Gasteiger partial charge in [-0.1, -0.05) is 67.0 Å². The van der Waals surface area contributed by atoms with Crippen LogP contribution >= 0.6 is 0 Å². The summed E-state index contributed by atoms with van der Waals surface area (Å²) in [5, 5.41) is 33.2. The van der Waals surface area contributed by atoms with Crippen LogP contribution in [-0.4, -0.2) is 33.6 Å². The number of hydrogen-bond donors (Lipinski definition) is 3. The third-order valence-corrected chi connectivity index (χ3v) is 13.3. The number of hydrogen-bond acceptors (Lipinski definition) is 3. The molecule has 33 heavy (non-hydrogen) atoms. The summed E-state index contributed by atoms with van der Waals surface area (Å²) in [6, 6.07) is 0. The van der Waals surface area contributed by atoms with Crippen molar-refractivity contribution < 1.29 is 15.3 Å². The second-order valence-electron chi connectivity index (χ2n) is 15.3. The second kappa shape index (κ2) is 6.88. The molecule has 4 saturated carbocycles. The monoisotopic (exact) mass is 458 g/mol. The molecule has 0 aromatic carbocycles. The first-order valence-electron chi connectivity index (χ1n) is 13.8. The summed E-state index contributed by atoms with van der Waals surface area (Å²) < 4.78 is 0. The van der Waals surface area contributed by atoms with Crippen LogP contribution in [0.2, 0.25) is 0 Å². The van der Waals surface area contributed by atoms with Gasteiger partial charge in [-0.05, 0) is 96.2 Å². The van der Waals surface area contributed by atoms with Crippen LogP contribution in [0.5, 0.6) is 0 Å². The van der Waals surface area contributed by atoms with Gasteiger partial charge in [0, 0.05) is 5.41 Å². The fourth-order valence-corrected chi connectivity index (χ4v) is 10.7. The maximum Gasteiger partial charge on any atom is 0.0863 e. The largest absolute Gasteiger partial charge is 0.393 e. The molecule has 0 aliphatic heterocycles. The van der Waals surface area contributed by atoms with Gasteiger partial charge in [0.15, 0.2) is 0 Å². The van der Waals surface area contributed by atoms with E-state index in [1.165, 1.54) is 12.8 Å². The maximum atomic E-state index is 11.3. The lowest BCUT2D eigenvalue weighted by atomic mass is 9.33. The smallest absolute Gasteiger partial charge is 0.0863 e. The Morgan fingerprint density at radius 2 is 1.39 bits per heavy atom. The standard InChI is InChI=1S/C30H50O3/c1-25(2)17-19-18-9-10-21-28(6)13-12-22(31)26(3,4)20(28)11-14-30(21,8)29(18,7)16-15-27(19,5)24(33)23(25)32/h9,19-24,31-33H,10-17H2,1-8H3. The lowest BCUT2D eigenvalue weighted by Crippen LogP contribution is -2.66. The predicted octanol–water partition coefficient (Wildman–Crippen LogP) is 6.11. The normalized spacial score (nSPS) is 57.1. The van der Waals surface area contributed by atoms with Crippen molar-refractivity contribution in [2.75, 3.05) is 0 Å². The Kier molecular flexibility index (Phi) is 5.07. The van der Waals surface area contributed by atoms with Crippen molar-refractivity contribution in [3.05, 3.63) is 11.6 Å². The summed E-state index contributed by atoms with van der Waals surface area (Å²) in [5.41, 5.74) is 1.74. The van der Waals surface area contributed by atoms with Crippen LogP contribution in [-0.2, 0) is 0 Å². The van der Waals surface area contributed by atoms with Gasteiger partial charge in [0.2, 0.25) is 0 Å². The number of rotatable bonds is 0. The van der Waals surface area contributed by atoms with Crippen molar-refractivity contribution in [1.82, 2.24) is 0 Å². The van der Waals surface area contributed by atoms with E-state index in [1.54, 1.807) is 5.57 Å². The van der Waals surface area contributed by atoms with Gasteiger partial charge in [-0.25, -0.2) is 0 Å². The minimum atomic E-state index is -0.656. The maximum absolute atomic E-state index is 11.3. The summed E-state index contributed by atoms with van der Waals surface area (Å²) in [4.78, 5) is 0. The van der Waals surface area contributed by atoms with E-state index in [4.69, 9.17) is 0 Å². The van der Waals surface area contributed by atoms with Crippen molar-refractivity contribution in [3.63, 3.8) is 0 Å². The van der Waals surface area contributed by atoms with Crippen LogP contribution in [0.25, 0.3) is 0 Å². The van der Waals surface area contributed by atoms with Crippen LogP contribution in [0.4, 0.5) is 0 Å². The van der Waals surface area contributed by atoms with Gasteiger partial charge in [0.25, 0.3) is 0 Å². The summed E-state index contributed by atoms with van der Waals surface area (Å²) in [6.07, 6.45) is 9.83. The molecule has 5 aliphatic rings. The number of aliphatic hydroxyl groups is 3. The van der Waals surface area contributed by atoms with E-state index in [-0.39, 0.29) is 38.6 Å². The van der Waals surface area contributed by atoms with E-state index < -0.39 is 12.2 Å². The topological polar surface area (TPSA) is 60.7 Å². The Bertz CT molecular complexity index is 859. The second-order valence-corrected chi connectivity index (χ2v) is 15.3. The van der Waals surface area contributed by atoms with Crippen molar-refractivity contribution in [2.45, 2.75) is 125 Å². The summed E-state index contributed by atoms with van der Waals surface area (Å²) in [7, 11) is 0. The average Bonchev–Trinajstić information content (AvgIpc) is 2.72. The van der Waals surface area contributed by atoms with E-state index >= 15 is 0 Å². The third-order valence-electron chi connectivity index (χ3n) is 13.3. The molecule has 0 aromatic rings. The van der Waals surface area contributed by atoms with Crippen LogP contribution in [0.3, 0.4) is 0 Å². The van der Waals surface area contributed by atoms with Gasteiger partial charge in [-0.15, -0.1) is 0 Å². The minimum Gasteiger partial charge on any atom is -0.393 e. The Balaban J connectivity index is 1.58. The zero-order valence-corrected chi connectivity index (χ0v) is 22.5. The molecule has 10 atom stereocenters. The fourth-order valence-electron chi connectivity index (χ4n) is 10.7. The first kappa shape index (κ1) is 24.3. The SMILES string of the molecule is CC1(C)CC2C3=CCC4C5(C)CCC(O)C(C)(C)C5CCC4(C)C3(C)CCC2(C)C(O)C1O. The number of aliphatic hydroxyl groups excluding tert-OH is 3. The van der Waals surface area contributed by atoms with E-state index in [9.17, 15) is 15.3 Å². The molecule has 0 radical (unpaired) electrons. The summed E-state index contributed by atoms with van der Waals surface area (Å²) >= 11 is 0. The highest BCUT2D eigenvalue weighted by atomic mass is 16.3. The van der Waals surface area contributed by atoms with Crippen molar-refractivity contribution in [3.8, 4) is 0 Å². The molecule has 0 heterocycles. The minimum absolute atomic E-state index is 0.0159. The van der Waals surface area contributed by atoms with Gasteiger partial charge < -0.3 is 15.3 Å². The predicted molar refractivity (Wildman–Crippen MR) is 133 cm³/mol. The molecule has 5 aliphatic carbocycles. The Hall–Kier alpha value is -0.380. The zero-order chi connectivity index (χ0) is 24.4. The van der Waals surface area contributed by atoms with Gasteiger partial charge in [0.05, 0.1) is 18.3 Å². The molecule has 3 heteroatoms. The molecular formula is C30H50O3. The van der Waals surface area contributed by atoms with Gasteiger partial charge in [-0.2, -0.15) is 0 Å². The number of allylic oxidation sites excluding steroid dienone is 2. The molecule has 10 unspecified atom stereocenters. The molecule has 0 spiro atoms. The average molecular weight is 459 g/mol. The molecule has 3 nitrogen and oxygen atoms in total. The number of fused-ring (bicyclic) bond motifs is 7. The van der Waals surface area contributed by atoms with E-state index in [0.717, 1.165) is 38.5 Å². The molecule has 0 saturated heterocycles. The van der Waals surface area contributed by atoms with Gasteiger partial charge in [-0.3, -0.25) is 0 Å². The molecular weight excluding hydrogens is 408 g/mol. The third kappa shape index (κ3) is 2.80.